The lowest BCUT2D eigenvalue weighted by atomic mass is 9.66. The summed E-state index contributed by atoms with van der Waals surface area (Å²) in [6.07, 6.45) is 3.25. The second kappa shape index (κ2) is 8.35. The van der Waals surface area contributed by atoms with Crippen LogP contribution in [-0.4, -0.2) is 0 Å². The Kier molecular flexibility index (Phi) is 5.73. The number of aryl methyl sites for hydroxylation is 2. The fourth-order valence-corrected chi connectivity index (χ4v) is 5.01. The van der Waals surface area contributed by atoms with Crippen molar-refractivity contribution < 1.29 is 0 Å². The van der Waals surface area contributed by atoms with Gasteiger partial charge >= 0.3 is 0 Å². The fraction of sp³-hybridized carbons (Fsp3) is 0.267. The van der Waals surface area contributed by atoms with Crippen molar-refractivity contribution in [1.82, 2.24) is 0 Å². The Morgan fingerprint density at radius 3 is 1.91 bits per heavy atom. The maximum absolute atomic E-state index is 6.38. The van der Waals surface area contributed by atoms with Gasteiger partial charge in [0.25, 0.3) is 0 Å². The Hall–Kier alpha value is -3.26. The molecule has 164 valence electrons. The number of rotatable bonds is 4. The molecule has 0 fully saturated rings. The Bertz CT molecular complexity index is 1180. The van der Waals surface area contributed by atoms with Gasteiger partial charge in [-0.25, -0.2) is 0 Å². The van der Waals surface area contributed by atoms with Gasteiger partial charge in [-0.3, -0.25) is 0 Å². The van der Waals surface area contributed by atoms with Crippen molar-refractivity contribution >= 4 is 5.69 Å². The number of allylic oxidation sites excluding steroid dienone is 4. The molecule has 0 saturated carbocycles. The lowest BCUT2D eigenvalue weighted by Crippen LogP contribution is -2.30. The van der Waals surface area contributed by atoms with Crippen molar-refractivity contribution in [2.45, 2.75) is 46.5 Å². The zero-order valence-corrected chi connectivity index (χ0v) is 19.9. The first kappa shape index (κ1) is 22.0. The largest absolute Gasteiger partial charge is 0.402 e. The standard InChI is InChI=1S/C30H34N2/c1-19-15-26(16-20(2)28(19)31)30(5,27-17-21(3)29(32)22(4)18-27)25-13-11-24(12-14-25)23-9-7-6-8-10-23/h6-17,22H,18,31-32H2,1-5H3. The summed E-state index contributed by atoms with van der Waals surface area (Å²) in [7, 11) is 0. The number of nitrogens with two attached hydrogens (primary N) is 2. The van der Waals surface area contributed by atoms with Gasteiger partial charge in [-0.15, -0.1) is 0 Å². The van der Waals surface area contributed by atoms with E-state index in [1.807, 2.05) is 0 Å². The number of anilines is 1. The summed E-state index contributed by atoms with van der Waals surface area (Å²) in [5.41, 5.74) is 24.2. The van der Waals surface area contributed by atoms with E-state index in [0.29, 0.717) is 5.92 Å². The van der Waals surface area contributed by atoms with E-state index >= 15 is 0 Å². The van der Waals surface area contributed by atoms with Crippen LogP contribution in [0.15, 0.2) is 89.6 Å². The fourth-order valence-electron chi connectivity index (χ4n) is 5.01. The molecular formula is C30H34N2. The van der Waals surface area contributed by atoms with Crippen LogP contribution in [-0.2, 0) is 5.41 Å². The second-order valence-corrected chi connectivity index (χ2v) is 9.51. The van der Waals surface area contributed by atoms with E-state index in [0.717, 1.165) is 28.9 Å². The maximum atomic E-state index is 6.38. The van der Waals surface area contributed by atoms with E-state index in [1.165, 1.54) is 33.4 Å². The quantitative estimate of drug-likeness (QED) is 0.442. The van der Waals surface area contributed by atoms with Gasteiger partial charge in [0.15, 0.2) is 0 Å². The highest BCUT2D eigenvalue weighted by Crippen LogP contribution is 2.46. The van der Waals surface area contributed by atoms with E-state index in [1.54, 1.807) is 0 Å². The summed E-state index contributed by atoms with van der Waals surface area (Å²) in [6, 6.07) is 24.1. The van der Waals surface area contributed by atoms with Crippen LogP contribution < -0.4 is 11.5 Å². The molecule has 1 aliphatic carbocycles. The molecule has 0 saturated heterocycles. The topological polar surface area (TPSA) is 52.0 Å². The molecule has 1 aliphatic rings. The molecule has 2 heteroatoms. The summed E-state index contributed by atoms with van der Waals surface area (Å²) in [5.74, 6) is 0.328. The normalized spacial score (nSPS) is 18.3. The van der Waals surface area contributed by atoms with Crippen LogP contribution in [0.2, 0.25) is 0 Å². The molecule has 3 aromatic carbocycles. The summed E-state index contributed by atoms with van der Waals surface area (Å²) in [4.78, 5) is 0. The minimum atomic E-state index is -0.269. The Balaban J connectivity index is 1.90. The molecule has 2 nitrogen and oxygen atoms in total. The lowest BCUT2D eigenvalue weighted by Gasteiger charge is -2.38. The van der Waals surface area contributed by atoms with E-state index < -0.39 is 0 Å². The minimum Gasteiger partial charge on any atom is -0.402 e. The van der Waals surface area contributed by atoms with Gasteiger partial charge in [0, 0.05) is 16.8 Å². The number of nitrogen functional groups attached to an aromatic ring is 1. The van der Waals surface area contributed by atoms with Crippen LogP contribution in [0.4, 0.5) is 5.69 Å². The van der Waals surface area contributed by atoms with Gasteiger partial charge < -0.3 is 11.5 Å². The first-order valence-electron chi connectivity index (χ1n) is 11.4. The van der Waals surface area contributed by atoms with Crippen molar-refractivity contribution in [2.24, 2.45) is 11.7 Å². The molecular weight excluding hydrogens is 388 g/mol. The molecule has 0 radical (unpaired) electrons. The van der Waals surface area contributed by atoms with Gasteiger partial charge in [0.05, 0.1) is 0 Å². The van der Waals surface area contributed by atoms with Crippen LogP contribution in [0.1, 0.15) is 49.4 Å². The first-order valence-corrected chi connectivity index (χ1v) is 11.4. The van der Waals surface area contributed by atoms with E-state index in [4.69, 9.17) is 11.5 Å². The highest BCUT2D eigenvalue weighted by atomic mass is 14.6. The van der Waals surface area contributed by atoms with Gasteiger partial charge in [-0.2, -0.15) is 0 Å². The molecule has 3 aromatic rings. The average Bonchev–Trinajstić information content (AvgIpc) is 2.80. The maximum Gasteiger partial charge on any atom is 0.0386 e. The zero-order valence-electron chi connectivity index (χ0n) is 19.9. The number of hydrogen-bond acceptors (Lipinski definition) is 2. The molecule has 4 N–H and O–H groups in total. The third-order valence-electron chi connectivity index (χ3n) is 7.29. The Morgan fingerprint density at radius 1 is 0.781 bits per heavy atom. The van der Waals surface area contributed by atoms with Crippen molar-refractivity contribution in [1.29, 1.82) is 0 Å². The zero-order chi connectivity index (χ0) is 23.0. The minimum absolute atomic E-state index is 0.269. The van der Waals surface area contributed by atoms with Crippen molar-refractivity contribution in [2.75, 3.05) is 5.73 Å². The highest BCUT2D eigenvalue weighted by molar-refractivity contribution is 5.65. The number of benzene rings is 3. The van der Waals surface area contributed by atoms with E-state index in [-0.39, 0.29) is 5.41 Å². The molecule has 0 aromatic heterocycles. The van der Waals surface area contributed by atoms with Crippen molar-refractivity contribution in [3.63, 3.8) is 0 Å². The molecule has 2 atom stereocenters. The van der Waals surface area contributed by atoms with Crippen LogP contribution in [0.3, 0.4) is 0 Å². The predicted octanol–water partition coefficient (Wildman–Crippen LogP) is 7.06. The van der Waals surface area contributed by atoms with Gasteiger partial charge in [0.1, 0.15) is 0 Å². The van der Waals surface area contributed by atoms with Crippen LogP contribution >= 0.6 is 0 Å². The molecule has 4 rings (SSSR count). The average molecular weight is 423 g/mol. The summed E-state index contributed by atoms with van der Waals surface area (Å²) < 4.78 is 0. The molecule has 0 aliphatic heterocycles. The van der Waals surface area contributed by atoms with E-state index in [2.05, 4.69) is 107 Å². The smallest absolute Gasteiger partial charge is 0.0386 e. The van der Waals surface area contributed by atoms with Crippen molar-refractivity contribution in [3.05, 3.63) is 112 Å². The third-order valence-corrected chi connectivity index (χ3v) is 7.29. The van der Waals surface area contributed by atoms with Gasteiger partial charge in [-0.05, 0) is 79.0 Å². The molecule has 0 spiro atoms. The molecule has 0 amide bonds. The summed E-state index contributed by atoms with van der Waals surface area (Å²) in [6.45, 7) is 10.9. The Morgan fingerprint density at radius 2 is 1.34 bits per heavy atom. The van der Waals surface area contributed by atoms with Crippen LogP contribution in [0, 0.1) is 19.8 Å². The first-order chi connectivity index (χ1) is 15.2. The van der Waals surface area contributed by atoms with Crippen LogP contribution in [0.5, 0.6) is 0 Å². The lowest BCUT2D eigenvalue weighted by molar-refractivity contribution is 0.555. The second-order valence-electron chi connectivity index (χ2n) is 9.51. The predicted molar refractivity (Wildman–Crippen MR) is 137 cm³/mol. The van der Waals surface area contributed by atoms with Crippen LogP contribution in [0.25, 0.3) is 11.1 Å². The SMILES string of the molecule is CC1=C(N)C(C)CC(C(C)(c2ccc(-c3ccccc3)cc2)c2cc(C)c(N)c(C)c2)=C1. The van der Waals surface area contributed by atoms with Crippen molar-refractivity contribution in [3.8, 4) is 11.1 Å². The molecule has 2 unspecified atom stereocenters. The van der Waals surface area contributed by atoms with Gasteiger partial charge in [0.2, 0.25) is 0 Å². The Labute approximate surface area is 192 Å². The summed E-state index contributed by atoms with van der Waals surface area (Å²) >= 11 is 0. The molecule has 0 bridgehead atoms. The monoisotopic (exact) mass is 422 g/mol. The molecule has 0 heterocycles. The molecule has 32 heavy (non-hydrogen) atoms. The third kappa shape index (κ3) is 3.75. The van der Waals surface area contributed by atoms with Gasteiger partial charge in [-0.1, -0.05) is 85.3 Å². The summed E-state index contributed by atoms with van der Waals surface area (Å²) in [5, 5.41) is 0. The highest BCUT2D eigenvalue weighted by Gasteiger charge is 2.36. The number of hydrogen-bond donors (Lipinski definition) is 2. The van der Waals surface area contributed by atoms with E-state index in [9.17, 15) is 0 Å².